The van der Waals surface area contributed by atoms with Gasteiger partial charge in [-0.3, -0.25) is 9.69 Å². The molecule has 0 saturated carbocycles. The van der Waals surface area contributed by atoms with Gasteiger partial charge in [0.2, 0.25) is 0 Å². The third kappa shape index (κ3) is 2.52. The van der Waals surface area contributed by atoms with Crippen LogP contribution in [0.15, 0.2) is 30.5 Å². The molecule has 1 aromatic carbocycles. The number of morpholine rings is 1. The monoisotopic (exact) mass is 327 g/mol. The van der Waals surface area contributed by atoms with Gasteiger partial charge in [0, 0.05) is 61.4 Å². The van der Waals surface area contributed by atoms with Crippen LogP contribution in [0.5, 0.6) is 0 Å². The summed E-state index contributed by atoms with van der Waals surface area (Å²) in [5.41, 5.74) is 1.93. The van der Waals surface area contributed by atoms with Crippen molar-refractivity contribution >= 4 is 16.8 Å². The third-order valence-corrected chi connectivity index (χ3v) is 5.65. The van der Waals surface area contributed by atoms with Crippen molar-refractivity contribution < 1.29 is 9.53 Å². The van der Waals surface area contributed by atoms with Crippen molar-refractivity contribution in [3.63, 3.8) is 0 Å². The number of amides is 1. The van der Waals surface area contributed by atoms with E-state index in [0.29, 0.717) is 6.04 Å². The lowest BCUT2D eigenvalue weighted by atomic mass is 10.1. The third-order valence-electron chi connectivity index (χ3n) is 5.65. The Balaban J connectivity index is 1.58. The molecule has 2 aliphatic heterocycles. The lowest BCUT2D eigenvalue weighted by Crippen LogP contribution is -2.49. The Morgan fingerprint density at radius 1 is 1.17 bits per heavy atom. The molecule has 5 nitrogen and oxygen atoms in total. The summed E-state index contributed by atoms with van der Waals surface area (Å²) in [6, 6.07) is 8.75. The molecular formula is C19H25N3O2. The number of carbonyl (C=O) groups is 1. The topological polar surface area (TPSA) is 37.7 Å². The highest BCUT2D eigenvalue weighted by molar-refractivity contribution is 6.06. The second-order valence-corrected chi connectivity index (χ2v) is 6.91. The predicted molar refractivity (Wildman–Crippen MR) is 94.2 cm³/mol. The molecule has 0 radical (unpaired) electrons. The molecule has 0 unspecified atom stereocenters. The van der Waals surface area contributed by atoms with Crippen LogP contribution in [0.3, 0.4) is 0 Å². The summed E-state index contributed by atoms with van der Waals surface area (Å²) in [5.74, 6) is 0.162. The van der Waals surface area contributed by atoms with Gasteiger partial charge in [0.1, 0.15) is 0 Å². The van der Waals surface area contributed by atoms with E-state index < -0.39 is 0 Å². The van der Waals surface area contributed by atoms with Crippen molar-refractivity contribution in [3.05, 3.63) is 36.0 Å². The smallest absolute Gasteiger partial charge is 0.254 e. The van der Waals surface area contributed by atoms with Gasteiger partial charge >= 0.3 is 0 Å². The summed E-state index contributed by atoms with van der Waals surface area (Å²) >= 11 is 0. The molecular weight excluding hydrogens is 302 g/mol. The van der Waals surface area contributed by atoms with Crippen LogP contribution in [0.2, 0.25) is 0 Å². The van der Waals surface area contributed by atoms with E-state index in [9.17, 15) is 4.79 Å². The fourth-order valence-electron chi connectivity index (χ4n) is 4.25. The number of carbonyl (C=O) groups excluding carboxylic acids is 1. The Morgan fingerprint density at radius 2 is 1.96 bits per heavy atom. The average molecular weight is 327 g/mol. The summed E-state index contributed by atoms with van der Waals surface area (Å²) in [6.45, 7) is 6.60. The minimum Gasteiger partial charge on any atom is -0.379 e. The van der Waals surface area contributed by atoms with Gasteiger partial charge in [-0.15, -0.1) is 0 Å². The molecule has 0 N–H and O–H groups in total. The molecule has 128 valence electrons. The molecule has 3 heterocycles. The van der Waals surface area contributed by atoms with E-state index >= 15 is 0 Å². The van der Waals surface area contributed by atoms with E-state index in [1.54, 1.807) is 0 Å². The van der Waals surface area contributed by atoms with Gasteiger partial charge in [0.15, 0.2) is 0 Å². The standard InChI is InChI=1S/C19H25N3O2/c1-14-17(21-10-12-24-13-11-21)7-9-22(14)19(23)16-4-3-5-18-15(16)6-8-20(18)2/h3-6,8,14,17H,7,9-13H2,1-2H3/t14-,17-/m1/s1. The number of rotatable bonds is 2. The first-order chi connectivity index (χ1) is 11.7. The van der Waals surface area contributed by atoms with Crippen LogP contribution in [0, 0.1) is 0 Å². The predicted octanol–water partition coefficient (Wildman–Crippen LogP) is 2.11. The largest absolute Gasteiger partial charge is 0.379 e. The first-order valence-corrected chi connectivity index (χ1v) is 8.83. The Hall–Kier alpha value is -1.85. The lowest BCUT2D eigenvalue weighted by Gasteiger charge is -2.35. The van der Waals surface area contributed by atoms with Crippen molar-refractivity contribution in [2.24, 2.45) is 7.05 Å². The number of aromatic nitrogens is 1. The van der Waals surface area contributed by atoms with Crippen molar-refractivity contribution in [2.75, 3.05) is 32.8 Å². The number of likely N-dealkylation sites (tertiary alicyclic amines) is 1. The van der Waals surface area contributed by atoms with Crippen LogP contribution in [0.1, 0.15) is 23.7 Å². The maximum Gasteiger partial charge on any atom is 0.254 e. The zero-order chi connectivity index (χ0) is 16.7. The van der Waals surface area contributed by atoms with E-state index in [0.717, 1.165) is 55.7 Å². The van der Waals surface area contributed by atoms with Crippen molar-refractivity contribution in [1.82, 2.24) is 14.4 Å². The van der Waals surface area contributed by atoms with E-state index in [2.05, 4.69) is 27.4 Å². The molecule has 2 fully saturated rings. The lowest BCUT2D eigenvalue weighted by molar-refractivity contribution is 0.0104. The Kier molecular flexibility index (Phi) is 4.06. The van der Waals surface area contributed by atoms with Gasteiger partial charge in [-0.05, 0) is 31.5 Å². The van der Waals surface area contributed by atoms with Gasteiger partial charge in [-0.2, -0.15) is 0 Å². The summed E-state index contributed by atoms with van der Waals surface area (Å²) in [4.78, 5) is 17.7. The first kappa shape index (κ1) is 15.7. The highest BCUT2D eigenvalue weighted by Gasteiger charge is 2.38. The number of hydrogen-bond donors (Lipinski definition) is 0. The molecule has 0 spiro atoms. The summed E-state index contributed by atoms with van der Waals surface area (Å²) in [5, 5.41) is 1.05. The molecule has 2 saturated heterocycles. The van der Waals surface area contributed by atoms with Crippen LogP contribution in [0.25, 0.3) is 10.9 Å². The second-order valence-electron chi connectivity index (χ2n) is 6.91. The van der Waals surface area contributed by atoms with Crippen molar-refractivity contribution in [1.29, 1.82) is 0 Å². The Labute approximate surface area is 142 Å². The number of nitrogens with zero attached hydrogens (tertiary/aromatic N) is 3. The highest BCUT2D eigenvalue weighted by Crippen LogP contribution is 2.28. The minimum absolute atomic E-state index is 0.162. The maximum atomic E-state index is 13.2. The molecule has 1 aromatic heterocycles. The summed E-state index contributed by atoms with van der Waals surface area (Å²) in [6.07, 6.45) is 3.07. The molecule has 4 rings (SSSR count). The van der Waals surface area contributed by atoms with Gasteiger partial charge in [-0.1, -0.05) is 6.07 Å². The van der Waals surface area contributed by atoms with Crippen molar-refractivity contribution in [3.8, 4) is 0 Å². The molecule has 2 aliphatic rings. The second kappa shape index (κ2) is 6.22. The zero-order valence-electron chi connectivity index (χ0n) is 14.4. The van der Waals surface area contributed by atoms with Crippen LogP contribution < -0.4 is 0 Å². The quantitative estimate of drug-likeness (QED) is 0.848. The SMILES string of the molecule is C[C@@H]1[C@H](N2CCOCC2)CCN1C(=O)c1cccc2c1ccn2C. The summed E-state index contributed by atoms with van der Waals surface area (Å²) < 4.78 is 7.53. The number of fused-ring (bicyclic) bond motifs is 1. The molecule has 2 atom stereocenters. The van der Waals surface area contributed by atoms with E-state index in [4.69, 9.17) is 4.74 Å². The molecule has 0 bridgehead atoms. The van der Waals surface area contributed by atoms with Gasteiger partial charge in [-0.25, -0.2) is 0 Å². The Morgan fingerprint density at radius 3 is 2.75 bits per heavy atom. The number of hydrogen-bond acceptors (Lipinski definition) is 3. The van der Waals surface area contributed by atoms with Gasteiger partial charge < -0.3 is 14.2 Å². The average Bonchev–Trinajstić information content (AvgIpc) is 3.18. The van der Waals surface area contributed by atoms with Crippen molar-refractivity contribution in [2.45, 2.75) is 25.4 Å². The van der Waals surface area contributed by atoms with Crippen LogP contribution in [0.4, 0.5) is 0 Å². The maximum absolute atomic E-state index is 13.2. The van der Waals surface area contributed by atoms with Crippen LogP contribution in [-0.2, 0) is 11.8 Å². The summed E-state index contributed by atoms with van der Waals surface area (Å²) in [7, 11) is 2.02. The molecule has 1 amide bonds. The van der Waals surface area contributed by atoms with E-state index in [-0.39, 0.29) is 11.9 Å². The Bertz CT molecular complexity index is 748. The van der Waals surface area contributed by atoms with Crippen LogP contribution >= 0.6 is 0 Å². The van der Waals surface area contributed by atoms with Gasteiger partial charge in [0.25, 0.3) is 5.91 Å². The highest BCUT2D eigenvalue weighted by atomic mass is 16.5. The molecule has 24 heavy (non-hydrogen) atoms. The normalized spacial score (nSPS) is 25.5. The molecule has 5 heteroatoms. The van der Waals surface area contributed by atoms with E-state index in [1.807, 2.05) is 31.4 Å². The minimum atomic E-state index is 0.162. The number of aryl methyl sites for hydroxylation is 1. The van der Waals surface area contributed by atoms with Gasteiger partial charge in [0.05, 0.1) is 13.2 Å². The molecule has 0 aliphatic carbocycles. The molecule has 2 aromatic rings. The van der Waals surface area contributed by atoms with Crippen LogP contribution in [-0.4, -0.2) is 65.2 Å². The zero-order valence-corrected chi connectivity index (χ0v) is 14.4. The number of benzene rings is 1. The first-order valence-electron chi connectivity index (χ1n) is 8.83. The van der Waals surface area contributed by atoms with E-state index in [1.165, 1.54) is 0 Å². The number of ether oxygens (including phenoxy) is 1. The fourth-order valence-corrected chi connectivity index (χ4v) is 4.25. The fraction of sp³-hybridized carbons (Fsp3) is 0.526.